The van der Waals surface area contributed by atoms with E-state index in [1.807, 2.05) is 24.3 Å². The summed E-state index contributed by atoms with van der Waals surface area (Å²) in [7, 11) is 1.50. The fraction of sp³-hybridized carbons (Fsp3) is 0.357. The molecule has 1 aromatic carbocycles. The summed E-state index contributed by atoms with van der Waals surface area (Å²) < 4.78 is 0. The second-order valence-electron chi connectivity index (χ2n) is 4.54. The number of benzene rings is 1. The molecular formula is C14H16N2O3. The molecule has 0 bridgehead atoms. The molecular weight excluding hydrogens is 244 g/mol. The molecule has 1 aromatic rings. The number of aryl methyl sites for hydroxylation is 1. The molecule has 0 N–H and O–H groups in total. The Hall–Kier alpha value is -2.17. The molecule has 0 saturated carbocycles. The normalized spacial score (nSPS) is 15.8. The van der Waals surface area contributed by atoms with Crippen molar-refractivity contribution in [3.05, 3.63) is 29.8 Å². The molecule has 2 rings (SSSR count). The molecule has 1 aliphatic rings. The van der Waals surface area contributed by atoms with Crippen LogP contribution in [0.15, 0.2) is 24.3 Å². The van der Waals surface area contributed by atoms with Gasteiger partial charge in [0.15, 0.2) is 0 Å². The zero-order chi connectivity index (χ0) is 13.8. The molecule has 1 fully saturated rings. The maximum absolute atomic E-state index is 11.7. The van der Waals surface area contributed by atoms with Gasteiger partial charge in [-0.15, -0.1) is 0 Å². The first-order valence-electron chi connectivity index (χ1n) is 6.19. The Morgan fingerprint density at radius 3 is 2.42 bits per heavy atom. The van der Waals surface area contributed by atoms with E-state index >= 15 is 0 Å². The lowest BCUT2D eigenvalue weighted by Crippen LogP contribution is -2.52. The number of carbonyl (C=O) groups excluding carboxylic acids is 3. The number of rotatable bonds is 4. The zero-order valence-corrected chi connectivity index (χ0v) is 10.8. The van der Waals surface area contributed by atoms with Crippen molar-refractivity contribution in [1.82, 2.24) is 4.90 Å². The first-order valence-corrected chi connectivity index (χ1v) is 6.19. The monoisotopic (exact) mass is 260 g/mol. The number of hydrogen-bond acceptors (Lipinski definition) is 4. The van der Waals surface area contributed by atoms with Crippen molar-refractivity contribution < 1.29 is 14.4 Å². The lowest BCUT2D eigenvalue weighted by atomic mass is 10.1. The van der Waals surface area contributed by atoms with Crippen LogP contribution in [0.1, 0.15) is 12.0 Å². The van der Waals surface area contributed by atoms with Gasteiger partial charge in [-0.25, -0.2) is 0 Å². The summed E-state index contributed by atoms with van der Waals surface area (Å²) in [4.78, 5) is 36.9. The van der Waals surface area contributed by atoms with Crippen molar-refractivity contribution in [3.8, 4) is 0 Å². The molecule has 100 valence electrons. The fourth-order valence-corrected chi connectivity index (χ4v) is 2.15. The second-order valence-corrected chi connectivity index (χ2v) is 4.54. The number of para-hydroxylation sites is 1. The first kappa shape index (κ1) is 13.3. The molecule has 1 aliphatic heterocycles. The first-order chi connectivity index (χ1) is 9.13. The maximum Gasteiger partial charge on any atom is 0.248 e. The van der Waals surface area contributed by atoms with Crippen molar-refractivity contribution in [2.24, 2.45) is 0 Å². The highest BCUT2D eigenvalue weighted by atomic mass is 16.2. The number of nitrogens with zero attached hydrogens (tertiary/aromatic N) is 2. The number of piperazine rings is 1. The van der Waals surface area contributed by atoms with E-state index < -0.39 is 0 Å². The molecule has 0 radical (unpaired) electrons. The van der Waals surface area contributed by atoms with Gasteiger partial charge in [-0.1, -0.05) is 18.2 Å². The van der Waals surface area contributed by atoms with Crippen LogP contribution in [0, 0.1) is 0 Å². The number of likely N-dealkylation sites (N-methyl/N-ethyl adjacent to an activating group) is 1. The molecule has 0 aromatic heterocycles. The fourth-order valence-electron chi connectivity index (χ4n) is 2.15. The smallest absolute Gasteiger partial charge is 0.248 e. The average Bonchev–Trinajstić information content (AvgIpc) is 2.42. The summed E-state index contributed by atoms with van der Waals surface area (Å²) in [5.74, 6) is -0.414. The third kappa shape index (κ3) is 2.81. The number of amides is 2. The third-order valence-corrected chi connectivity index (χ3v) is 3.26. The minimum Gasteiger partial charge on any atom is -0.353 e. The number of hydrogen-bond donors (Lipinski definition) is 0. The quantitative estimate of drug-likeness (QED) is 0.588. The summed E-state index contributed by atoms with van der Waals surface area (Å²) in [5.41, 5.74) is 1.85. The van der Waals surface area contributed by atoms with Crippen molar-refractivity contribution in [1.29, 1.82) is 0 Å². The SMILES string of the molecule is CN1C(=O)CN(c2ccccc2CCC=O)CC1=O. The van der Waals surface area contributed by atoms with Crippen LogP contribution in [0.3, 0.4) is 0 Å². The molecule has 2 amide bonds. The van der Waals surface area contributed by atoms with E-state index in [0.29, 0.717) is 12.8 Å². The number of imide groups is 1. The number of carbonyl (C=O) groups is 3. The minimum atomic E-state index is -0.207. The predicted molar refractivity (Wildman–Crippen MR) is 70.8 cm³/mol. The highest BCUT2D eigenvalue weighted by Gasteiger charge is 2.28. The summed E-state index contributed by atoms with van der Waals surface area (Å²) in [6.07, 6.45) is 1.93. The van der Waals surface area contributed by atoms with Gasteiger partial charge in [-0.3, -0.25) is 14.5 Å². The van der Waals surface area contributed by atoms with E-state index in [0.717, 1.165) is 22.4 Å². The lowest BCUT2D eigenvalue weighted by Gasteiger charge is -2.33. The predicted octanol–water partition coefficient (Wildman–Crippen LogP) is 0.623. The van der Waals surface area contributed by atoms with E-state index in [9.17, 15) is 14.4 Å². The van der Waals surface area contributed by atoms with Crippen LogP contribution in [-0.2, 0) is 20.8 Å². The van der Waals surface area contributed by atoms with E-state index in [1.54, 1.807) is 4.90 Å². The molecule has 1 heterocycles. The van der Waals surface area contributed by atoms with Gasteiger partial charge >= 0.3 is 0 Å². The molecule has 5 heteroatoms. The Kier molecular flexibility index (Phi) is 3.94. The Morgan fingerprint density at radius 1 is 1.16 bits per heavy atom. The molecule has 0 atom stereocenters. The lowest BCUT2D eigenvalue weighted by molar-refractivity contribution is -0.143. The van der Waals surface area contributed by atoms with Gasteiger partial charge in [0.05, 0.1) is 13.1 Å². The highest BCUT2D eigenvalue weighted by molar-refractivity contribution is 6.02. The van der Waals surface area contributed by atoms with Crippen LogP contribution in [0.2, 0.25) is 0 Å². The summed E-state index contributed by atoms with van der Waals surface area (Å²) >= 11 is 0. The van der Waals surface area contributed by atoms with Gasteiger partial charge in [0, 0.05) is 19.2 Å². The van der Waals surface area contributed by atoms with Crippen LogP contribution < -0.4 is 4.90 Å². The van der Waals surface area contributed by atoms with Gasteiger partial charge in [0.2, 0.25) is 11.8 Å². The molecule has 0 spiro atoms. The number of anilines is 1. The van der Waals surface area contributed by atoms with Crippen LogP contribution in [0.5, 0.6) is 0 Å². The average molecular weight is 260 g/mol. The van der Waals surface area contributed by atoms with Gasteiger partial charge in [0.1, 0.15) is 6.29 Å². The molecule has 1 saturated heterocycles. The van der Waals surface area contributed by atoms with Gasteiger partial charge in [-0.05, 0) is 18.1 Å². The van der Waals surface area contributed by atoms with Crippen molar-refractivity contribution in [3.63, 3.8) is 0 Å². The standard InChI is InChI=1S/C14H16N2O3/c1-15-13(18)9-16(10-14(15)19)12-7-3-2-5-11(12)6-4-8-17/h2-3,5,7-8H,4,6,9-10H2,1H3. The Bertz CT molecular complexity index is 495. The van der Waals surface area contributed by atoms with Crippen molar-refractivity contribution in [2.45, 2.75) is 12.8 Å². The topological polar surface area (TPSA) is 57.7 Å². The largest absolute Gasteiger partial charge is 0.353 e. The van der Waals surface area contributed by atoms with E-state index in [4.69, 9.17) is 0 Å². The van der Waals surface area contributed by atoms with Crippen molar-refractivity contribution in [2.75, 3.05) is 25.0 Å². The highest BCUT2D eigenvalue weighted by Crippen LogP contribution is 2.23. The summed E-state index contributed by atoms with van der Waals surface area (Å²) in [6, 6.07) is 7.56. The minimum absolute atomic E-state index is 0.195. The summed E-state index contributed by atoms with van der Waals surface area (Å²) in [6.45, 7) is 0.390. The van der Waals surface area contributed by atoms with E-state index in [1.165, 1.54) is 7.05 Å². The van der Waals surface area contributed by atoms with Crippen LogP contribution >= 0.6 is 0 Å². The van der Waals surface area contributed by atoms with Crippen LogP contribution in [0.4, 0.5) is 5.69 Å². The van der Waals surface area contributed by atoms with Crippen LogP contribution in [-0.4, -0.2) is 43.1 Å². The van der Waals surface area contributed by atoms with Gasteiger partial charge < -0.3 is 9.69 Å². The molecule has 0 unspecified atom stereocenters. The summed E-state index contributed by atoms with van der Waals surface area (Å²) in [5, 5.41) is 0. The van der Waals surface area contributed by atoms with Crippen molar-refractivity contribution >= 4 is 23.8 Å². The Balaban J connectivity index is 2.24. The van der Waals surface area contributed by atoms with Gasteiger partial charge in [0.25, 0.3) is 0 Å². The molecule has 0 aliphatic carbocycles. The maximum atomic E-state index is 11.7. The second kappa shape index (κ2) is 5.65. The zero-order valence-electron chi connectivity index (χ0n) is 10.8. The third-order valence-electron chi connectivity index (χ3n) is 3.26. The molecule has 5 nitrogen and oxygen atoms in total. The Labute approximate surface area is 111 Å². The van der Waals surface area contributed by atoms with E-state index in [2.05, 4.69) is 0 Å². The van der Waals surface area contributed by atoms with Gasteiger partial charge in [-0.2, -0.15) is 0 Å². The van der Waals surface area contributed by atoms with Crippen LogP contribution in [0.25, 0.3) is 0 Å². The molecule has 19 heavy (non-hydrogen) atoms. The Morgan fingerprint density at radius 2 is 1.79 bits per heavy atom. The number of aldehydes is 1. The van der Waals surface area contributed by atoms with E-state index in [-0.39, 0.29) is 24.9 Å².